The van der Waals surface area contributed by atoms with Crippen LogP contribution in [0.25, 0.3) is 0 Å². The van der Waals surface area contributed by atoms with Crippen LogP contribution in [0.4, 0.5) is 0 Å². The van der Waals surface area contributed by atoms with Gasteiger partial charge in [-0.25, -0.2) is 0 Å². The Balaban J connectivity index is 2.63. The molecule has 0 aliphatic carbocycles. The van der Waals surface area contributed by atoms with Gasteiger partial charge in [-0.05, 0) is 14.1 Å². The molecule has 0 aromatic carbocycles. The van der Waals surface area contributed by atoms with E-state index in [0.717, 1.165) is 26.2 Å². The average molecular weight is 195 g/mol. The second-order valence-electron chi connectivity index (χ2n) is 3.88. The minimum absolute atomic E-state index is 0.394. The summed E-state index contributed by atoms with van der Waals surface area (Å²) in [6.07, 6.45) is 4.33. The first-order valence-corrected chi connectivity index (χ1v) is 5.07. The molecule has 1 aliphatic rings. The van der Waals surface area contributed by atoms with Crippen molar-refractivity contribution in [2.45, 2.75) is 6.29 Å². The van der Waals surface area contributed by atoms with Gasteiger partial charge in [-0.2, -0.15) is 0 Å². The Hall–Kier alpha value is -0.640. The molecule has 0 aromatic rings. The molecule has 0 N–H and O–H groups in total. The van der Waals surface area contributed by atoms with Crippen LogP contribution in [0.15, 0.2) is 25.3 Å². The molecule has 1 heterocycles. The Morgan fingerprint density at radius 1 is 1.14 bits per heavy atom. The number of nitrogens with zero attached hydrogens (tertiary/aromatic N) is 3. The minimum Gasteiger partial charge on any atom is -0.282 e. The highest BCUT2D eigenvalue weighted by Gasteiger charge is 2.31. The molecule has 0 bridgehead atoms. The fourth-order valence-corrected chi connectivity index (χ4v) is 2.07. The van der Waals surface area contributed by atoms with Gasteiger partial charge in [0.15, 0.2) is 0 Å². The van der Waals surface area contributed by atoms with Crippen molar-refractivity contribution < 1.29 is 0 Å². The van der Waals surface area contributed by atoms with E-state index in [2.05, 4.69) is 42.0 Å². The molecule has 3 nitrogen and oxygen atoms in total. The highest BCUT2D eigenvalue weighted by atomic mass is 15.5. The fraction of sp³-hybridized carbons (Fsp3) is 0.636. The summed E-state index contributed by atoms with van der Waals surface area (Å²) in [5.74, 6) is 0. The summed E-state index contributed by atoms with van der Waals surface area (Å²) in [7, 11) is 4.23. The van der Waals surface area contributed by atoms with Crippen molar-refractivity contribution in [2.24, 2.45) is 0 Å². The standard InChI is InChI=1S/C11H21N3/c1-5-7-13-9-10-14(8-6-2)11(13)12(3)4/h5-6,11H,1-2,7-10H2,3-4H3. The predicted molar refractivity (Wildman–Crippen MR) is 61.0 cm³/mol. The summed E-state index contributed by atoms with van der Waals surface area (Å²) in [5.41, 5.74) is 0. The lowest BCUT2D eigenvalue weighted by atomic mass is 10.5. The maximum atomic E-state index is 3.79. The molecule has 0 atom stereocenters. The van der Waals surface area contributed by atoms with Crippen LogP contribution >= 0.6 is 0 Å². The van der Waals surface area contributed by atoms with Crippen LogP contribution in [0, 0.1) is 0 Å². The molecule has 1 rings (SSSR count). The Morgan fingerprint density at radius 3 is 1.86 bits per heavy atom. The van der Waals surface area contributed by atoms with E-state index in [1.165, 1.54) is 0 Å². The molecule has 1 saturated heterocycles. The molecular weight excluding hydrogens is 174 g/mol. The van der Waals surface area contributed by atoms with Gasteiger partial charge in [0.1, 0.15) is 6.29 Å². The quantitative estimate of drug-likeness (QED) is 0.601. The summed E-state index contributed by atoms with van der Waals surface area (Å²) in [5, 5.41) is 0. The SMILES string of the molecule is C=CCN1CCN(CC=C)C1N(C)C. The molecule has 0 saturated carbocycles. The van der Waals surface area contributed by atoms with Crippen LogP contribution in [0.2, 0.25) is 0 Å². The van der Waals surface area contributed by atoms with Gasteiger partial charge in [-0.15, -0.1) is 13.2 Å². The number of rotatable bonds is 5. The highest BCUT2D eigenvalue weighted by Crippen LogP contribution is 2.15. The number of hydrogen-bond donors (Lipinski definition) is 0. The molecule has 0 amide bonds. The second-order valence-corrected chi connectivity index (χ2v) is 3.88. The lowest BCUT2D eigenvalue weighted by Crippen LogP contribution is -2.48. The second kappa shape index (κ2) is 5.29. The van der Waals surface area contributed by atoms with E-state index in [4.69, 9.17) is 0 Å². The van der Waals surface area contributed by atoms with E-state index in [1.54, 1.807) is 0 Å². The zero-order valence-corrected chi connectivity index (χ0v) is 9.32. The Bertz CT molecular complexity index is 183. The van der Waals surface area contributed by atoms with Crippen LogP contribution in [0.1, 0.15) is 0 Å². The number of hydrogen-bond acceptors (Lipinski definition) is 3. The summed E-state index contributed by atoms with van der Waals surface area (Å²) >= 11 is 0. The van der Waals surface area contributed by atoms with Gasteiger partial charge in [-0.1, -0.05) is 12.2 Å². The molecule has 14 heavy (non-hydrogen) atoms. The van der Waals surface area contributed by atoms with Gasteiger partial charge in [0.2, 0.25) is 0 Å². The Morgan fingerprint density at radius 2 is 1.57 bits per heavy atom. The van der Waals surface area contributed by atoms with Crippen LogP contribution < -0.4 is 0 Å². The van der Waals surface area contributed by atoms with Gasteiger partial charge in [0.05, 0.1) is 0 Å². The average Bonchev–Trinajstić information content (AvgIpc) is 2.49. The van der Waals surface area contributed by atoms with Crippen molar-refractivity contribution >= 4 is 0 Å². The largest absolute Gasteiger partial charge is 0.282 e. The maximum absolute atomic E-state index is 3.79. The van der Waals surface area contributed by atoms with Gasteiger partial charge in [0, 0.05) is 26.2 Å². The van der Waals surface area contributed by atoms with Crippen molar-refractivity contribution in [2.75, 3.05) is 40.3 Å². The normalized spacial score (nSPS) is 20.5. The van der Waals surface area contributed by atoms with Crippen LogP contribution in [0.3, 0.4) is 0 Å². The van der Waals surface area contributed by atoms with Crippen molar-refractivity contribution in [3.05, 3.63) is 25.3 Å². The first-order valence-electron chi connectivity index (χ1n) is 5.07. The molecule has 0 unspecified atom stereocenters. The summed E-state index contributed by atoms with van der Waals surface area (Å²) < 4.78 is 0. The summed E-state index contributed by atoms with van der Waals surface area (Å²) in [4.78, 5) is 7.06. The van der Waals surface area contributed by atoms with E-state index >= 15 is 0 Å². The van der Waals surface area contributed by atoms with E-state index in [-0.39, 0.29) is 0 Å². The van der Waals surface area contributed by atoms with Gasteiger partial charge in [0.25, 0.3) is 0 Å². The molecule has 0 aromatic heterocycles. The topological polar surface area (TPSA) is 9.72 Å². The zero-order valence-electron chi connectivity index (χ0n) is 9.32. The third kappa shape index (κ3) is 2.44. The van der Waals surface area contributed by atoms with Crippen molar-refractivity contribution in [1.29, 1.82) is 0 Å². The van der Waals surface area contributed by atoms with E-state index in [1.807, 2.05) is 12.2 Å². The van der Waals surface area contributed by atoms with Crippen molar-refractivity contribution in [1.82, 2.24) is 14.7 Å². The molecule has 0 radical (unpaired) electrons. The molecule has 80 valence electrons. The Labute approximate surface area is 87.3 Å². The summed E-state index contributed by atoms with van der Waals surface area (Å²) in [6.45, 7) is 11.7. The monoisotopic (exact) mass is 195 g/mol. The van der Waals surface area contributed by atoms with Gasteiger partial charge >= 0.3 is 0 Å². The minimum atomic E-state index is 0.394. The van der Waals surface area contributed by atoms with E-state index in [9.17, 15) is 0 Å². The molecule has 0 spiro atoms. The smallest absolute Gasteiger partial charge is 0.119 e. The Kier molecular flexibility index (Phi) is 4.32. The fourth-order valence-electron chi connectivity index (χ4n) is 2.07. The van der Waals surface area contributed by atoms with E-state index < -0.39 is 0 Å². The van der Waals surface area contributed by atoms with Crippen LogP contribution in [0.5, 0.6) is 0 Å². The lowest BCUT2D eigenvalue weighted by molar-refractivity contribution is 0.0304. The third-order valence-electron chi connectivity index (χ3n) is 2.52. The van der Waals surface area contributed by atoms with E-state index in [0.29, 0.717) is 6.29 Å². The first kappa shape index (κ1) is 11.4. The van der Waals surface area contributed by atoms with Crippen molar-refractivity contribution in [3.63, 3.8) is 0 Å². The van der Waals surface area contributed by atoms with Crippen LogP contribution in [-0.2, 0) is 0 Å². The maximum Gasteiger partial charge on any atom is 0.119 e. The highest BCUT2D eigenvalue weighted by molar-refractivity contribution is 4.87. The molecular formula is C11H21N3. The van der Waals surface area contributed by atoms with Gasteiger partial charge in [-0.3, -0.25) is 14.7 Å². The first-order chi connectivity index (χ1) is 6.70. The third-order valence-corrected chi connectivity index (χ3v) is 2.52. The zero-order chi connectivity index (χ0) is 10.6. The lowest BCUT2D eigenvalue weighted by Gasteiger charge is -2.34. The molecule has 3 heteroatoms. The van der Waals surface area contributed by atoms with Crippen molar-refractivity contribution in [3.8, 4) is 0 Å². The van der Waals surface area contributed by atoms with Crippen LogP contribution in [-0.4, -0.2) is 61.3 Å². The predicted octanol–water partition coefficient (Wildman–Crippen LogP) is 0.821. The molecule has 1 fully saturated rings. The summed E-state index contributed by atoms with van der Waals surface area (Å²) in [6, 6.07) is 0. The van der Waals surface area contributed by atoms with Gasteiger partial charge < -0.3 is 0 Å². The molecule has 1 aliphatic heterocycles.